The average molecular weight is 371 g/mol. The van der Waals surface area contributed by atoms with Crippen LogP contribution in [0.3, 0.4) is 0 Å². The maximum Gasteiger partial charge on any atom is 0.256 e. The van der Waals surface area contributed by atoms with Crippen LogP contribution in [0, 0.1) is 19.8 Å². The van der Waals surface area contributed by atoms with Crippen molar-refractivity contribution in [2.75, 3.05) is 20.2 Å². The van der Waals surface area contributed by atoms with Gasteiger partial charge in [-0.2, -0.15) is 4.39 Å². The molecule has 2 heterocycles. The highest BCUT2D eigenvalue weighted by Gasteiger charge is 2.29. The van der Waals surface area contributed by atoms with Crippen LogP contribution in [0.1, 0.15) is 46.4 Å². The molecule has 0 bridgehead atoms. The summed E-state index contributed by atoms with van der Waals surface area (Å²) in [5.41, 5.74) is 3.63. The van der Waals surface area contributed by atoms with Gasteiger partial charge in [0.25, 0.3) is 5.91 Å². The van der Waals surface area contributed by atoms with Crippen LogP contribution >= 0.6 is 0 Å². The molecule has 2 aromatic rings. The molecule has 3 rings (SSSR count). The van der Waals surface area contributed by atoms with Crippen molar-refractivity contribution in [3.8, 4) is 5.75 Å². The number of benzene rings is 1. The quantitative estimate of drug-likeness (QED) is 0.819. The van der Waals surface area contributed by atoms with Crippen LogP contribution < -0.4 is 10.1 Å². The Morgan fingerprint density at radius 1 is 1.33 bits per heavy atom. The van der Waals surface area contributed by atoms with E-state index in [4.69, 9.17) is 4.74 Å². The van der Waals surface area contributed by atoms with Gasteiger partial charge in [-0.3, -0.25) is 9.69 Å². The van der Waals surface area contributed by atoms with Crippen LogP contribution in [0.2, 0.25) is 0 Å². The molecular formula is C21H26FN3O2. The van der Waals surface area contributed by atoms with Gasteiger partial charge in [0.2, 0.25) is 5.95 Å². The summed E-state index contributed by atoms with van der Waals surface area (Å²) < 4.78 is 19.1. The molecular weight excluding hydrogens is 345 g/mol. The van der Waals surface area contributed by atoms with E-state index in [2.05, 4.69) is 42.0 Å². The molecule has 1 aliphatic rings. The van der Waals surface area contributed by atoms with Gasteiger partial charge in [0, 0.05) is 31.4 Å². The number of rotatable bonds is 5. The van der Waals surface area contributed by atoms with Crippen molar-refractivity contribution < 1.29 is 13.9 Å². The van der Waals surface area contributed by atoms with E-state index in [-0.39, 0.29) is 17.6 Å². The standard InChI is InChI=1S/C21H26FN3O2/c1-13-14(2)19(27-4)8-7-17(13)15(3)25-11-9-16(12-25)24-21(26)18-6-5-10-23-20(18)22/h5-8,10,15-16H,9,11-12H2,1-4H3,(H,24,26)/t15?,16-/m1/s1. The number of amides is 1. The summed E-state index contributed by atoms with van der Waals surface area (Å²) >= 11 is 0. The molecule has 0 saturated carbocycles. The SMILES string of the molecule is COc1ccc(C(C)N2CC[C@@H](NC(=O)c3cccnc3F)C2)c(C)c1C. The summed E-state index contributed by atoms with van der Waals surface area (Å²) in [5.74, 6) is -0.243. The van der Waals surface area contributed by atoms with E-state index in [9.17, 15) is 9.18 Å². The van der Waals surface area contributed by atoms with Gasteiger partial charge in [0.15, 0.2) is 0 Å². The van der Waals surface area contributed by atoms with E-state index in [0.29, 0.717) is 0 Å². The minimum atomic E-state index is -0.734. The number of nitrogens with one attached hydrogen (secondary N) is 1. The Hall–Kier alpha value is -2.47. The first kappa shape index (κ1) is 19.3. The van der Waals surface area contributed by atoms with Gasteiger partial charge in [-0.15, -0.1) is 0 Å². The van der Waals surface area contributed by atoms with Crippen molar-refractivity contribution in [3.63, 3.8) is 0 Å². The second kappa shape index (κ2) is 8.05. The monoisotopic (exact) mass is 371 g/mol. The van der Waals surface area contributed by atoms with Gasteiger partial charge < -0.3 is 10.1 Å². The van der Waals surface area contributed by atoms with Crippen LogP contribution in [0.4, 0.5) is 4.39 Å². The maximum absolute atomic E-state index is 13.7. The summed E-state index contributed by atoms with van der Waals surface area (Å²) in [6.07, 6.45) is 2.18. The summed E-state index contributed by atoms with van der Waals surface area (Å²) in [6, 6.07) is 7.37. The molecule has 0 aliphatic carbocycles. The first-order chi connectivity index (χ1) is 12.9. The molecule has 144 valence electrons. The van der Waals surface area contributed by atoms with Crippen LogP contribution in [-0.4, -0.2) is 42.0 Å². The van der Waals surface area contributed by atoms with E-state index < -0.39 is 11.9 Å². The zero-order valence-corrected chi connectivity index (χ0v) is 16.3. The number of hydrogen-bond donors (Lipinski definition) is 1. The van der Waals surface area contributed by atoms with Crippen molar-refractivity contribution >= 4 is 5.91 Å². The third-order valence-electron chi connectivity index (χ3n) is 5.56. The summed E-state index contributed by atoms with van der Waals surface area (Å²) in [6.45, 7) is 7.98. The van der Waals surface area contributed by atoms with Crippen LogP contribution in [0.15, 0.2) is 30.5 Å². The smallest absolute Gasteiger partial charge is 0.256 e. The van der Waals surface area contributed by atoms with Gasteiger partial charge in [-0.25, -0.2) is 4.98 Å². The zero-order chi connectivity index (χ0) is 19.6. The first-order valence-corrected chi connectivity index (χ1v) is 9.22. The Morgan fingerprint density at radius 3 is 2.81 bits per heavy atom. The number of methoxy groups -OCH3 is 1. The Labute approximate surface area is 159 Å². The van der Waals surface area contributed by atoms with Gasteiger partial charge in [-0.05, 0) is 62.1 Å². The third kappa shape index (κ3) is 3.95. The lowest BCUT2D eigenvalue weighted by atomic mass is 9.97. The predicted octanol–water partition coefficient (Wildman–Crippen LogP) is 3.41. The molecule has 1 aromatic carbocycles. The third-order valence-corrected chi connectivity index (χ3v) is 5.56. The molecule has 1 saturated heterocycles. The second-order valence-corrected chi connectivity index (χ2v) is 7.08. The second-order valence-electron chi connectivity index (χ2n) is 7.08. The summed E-state index contributed by atoms with van der Waals surface area (Å²) in [4.78, 5) is 18.2. The minimum absolute atomic E-state index is 0.000734. The highest BCUT2D eigenvalue weighted by Crippen LogP contribution is 2.32. The minimum Gasteiger partial charge on any atom is -0.496 e. The van der Waals surface area contributed by atoms with E-state index in [1.54, 1.807) is 13.2 Å². The number of likely N-dealkylation sites (tertiary alicyclic amines) is 1. The molecule has 0 radical (unpaired) electrons. The Kier molecular flexibility index (Phi) is 5.75. The van der Waals surface area contributed by atoms with Crippen molar-refractivity contribution in [2.24, 2.45) is 0 Å². The van der Waals surface area contributed by atoms with Gasteiger partial charge in [0.1, 0.15) is 5.75 Å². The average Bonchev–Trinajstić information content (AvgIpc) is 3.12. The van der Waals surface area contributed by atoms with E-state index >= 15 is 0 Å². The highest BCUT2D eigenvalue weighted by atomic mass is 19.1. The van der Waals surface area contributed by atoms with Crippen molar-refractivity contribution in [1.82, 2.24) is 15.2 Å². The number of carbonyl (C=O) groups is 1. The van der Waals surface area contributed by atoms with Gasteiger partial charge >= 0.3 is 0 Å². The molecule has 1 fully saturated rings. The van der Waals surface area contributed by atoms with Crippen molar-refractivity contribution in [2.45, 2.75) is 39.3 Å². The fraction of sp³-hybridized carbons (Fsp3) is 0.429. The fourth-order valence-corrected chi connectivity index (χ4v) is 3.76. The number of aromatic nitrogens is 1. The highest BCUT2D eigenvalue weighted by molar-refractivity contribution is 5.94. The summed E-state index contributed by atoms with van der Waals surface area (Å²) in [7, 11) is 1.68. The van der Waals surface area contributed by atoms with Crippen molar-refractivity contribution in [3.05, 3.63) is 58.7 Å². The molecule has 27 heavy (non-hydrogen) atoms. The fourth-order valence-electron chi connectivity index (χ4n) is 3.76. The Morgan fingerprint density at radius 2 is 2.11 bits per heavy atom. The van der Waals surface area contributed by atoms with Gasteiger partial charge in [-0.1, -0.05) is 6.07 Å². The molecule has 0 spiro atoms. The topological polar surface area (TPSA) is 54.5 Å². The molecule has 1 unspecified atom stereocenters. The summed E-state index contributed by atoms with van der Waals surface area (Å²) in [5, 5.41) is 2.94. The zero-order valence-electron chi connectivity index (χ0n) is 16.3. The number of hydrogen-bond acceptors (Lipinski definition) is 4. The number of pyridine rings is 1. The first-order valence-electron chi connectivity index (χ1n) is 9.22. The largest absolute Gasteiger partial charge is 0.496 e. The molecule has 1 aliphatic heterocycles. The van der Waals surface area contributed by atoms with E-state index in [0.717, 1.165) is 30.8 Å². The number of halogens is 1. The molecule has 2 atom stereocenters. The number of carbonyl (C=O) groups excluding carboxylic acids is 1. The Balaban J connectivity index is 1.66. The lowest BCUT2D eigenvalue weighted by molar-refractivity contribution is 0.0931. The number of nitrogens with zero attached hydrogens (tertiary/aromatic N) is 2. The van der Waals surface area contributed by atoms with E-state index in [1.807, 2.05) is 6.07 Å². The van der Waals surface area contributed by atoms with Crippen LogP contribution in [0.5, 0.6) is 5.75 Å². The van der Waals surface area contributed by atoms with E-state index in [1.165, 1.54) is 23.4 Å². The lowest BCUT2D eigenvalue weighted by Gasteiger charge is -2.27. The molecule has 1 N–H and O–H groups in total. The normalized spacial score (nSPS) is 18.3. The predicted molar refractivity (Wildman–Crippen MR) is 103 cm³/mol. The molecule has 5 nitrogen and oxygen atoms in total. The van der Waals surface area contributed by atoms with Gasteiger partial charge in [0.05, 0.1) is 12.7 Å². The molecule has 1 amide bonds. The van der Waals surface area contributed by atoms with Crippen LogP contribution in [-0.2, 0) is 0 Å². The maximum atomic E-state index is 13.7. The lowest BCUT2D eigenvalue weighted by Crippen LogP contribution is -2.38. The van der Waals surface area contributed by atoms with Crippen LogP contribution in [0.25, 0.3) is 0 Å². The molecule has 6 heteroatoms. The Bertz CT molecular complexity index is 840. The number of ether oxygens (including phenoxy) is 1. The molecule has 1 aromatic heterocycles. The van der Waals surface area contributed by atoms with Crippen molar-refractivity contribution in [1.29, 1.82) is 0 Å².